The summed E-state index contributed by atoms with van der Waals surface area (Å²) in [5, 5.41) is 11.1. The van der Waals surface area contributed by atoms with E-state index in [-0.39, 0.29) is 12.1 Å². The van der Waals surface area contributed by atoms with E-state index in [1.165, 1.54) is 0 Å². The van der Waals surface area contributed by atoms with Gasteiger partial charge in [-0.1, -0.05) is 18.6 Å². The third-order valence-electron chi connectivity index (χ3n) is 3.23. The summed E-state index contributed by atoms with van der Waals surface area (Å²) in [4.78, 5) is 23.6. The molecule has 1 rings (SSSR count). The molecule has 0 spiro atoms. The second-order valence-electron chi connectivity index (χ2n) is 4.89. The standard InChI is InChI=1S/C14H24N4O2/c1-3-10-15-12(19)17-14(8-6-5-7-9-14)18-13(20)16-11-4-2/h3-4H,1-2,5-11H2,(H2,15,17,19)(H2,16,18,20). The fraction of sp³-hybridized carbons (Fsp3) is 0.571. The van der Waals surface area contributed by atoms with Gasteiger partial charge in [-0.2, -0.15) is 0 Å². The van der Waals surface area contributed by atoms with E-state index in [0.29, 0.717) is 13.1 Å². The minimum Gasteiger partial charge on any atom is -0.335 e. The molecule has 1 aliphatic rings. The van der Waals surface area contributed by atoms with Gasteiger partial charge in [0.15, 0.2) is 0 Å². The Labute approximate surface area is 120 Å². The number of amides is 4. The molecule has 20 heavy (non-hydrogen) atoms. The average Bonchev–Trinajstić information content (AvgIpc) is 2.43. The maximum Gasteiger partial charge on any atom is 0.316 e. The summed E-state index contributed by atoms with van der Waals surface area (Å²) in [7, 11) is 0. The van der Waals surface area contributed by atoms with Gasteiger partial charge in [-0.15, -0.1) is 13.2 Å². The molecule has 0 aromatic rings. The zero-order chi connectivity index (χ0) is 14.8. The molecule has 6 nitrogen and oxygen atoms in total. The van der Waals surface area contributed by atoms with Crippen LogP contribution in [0.4, 0.5) is 9.59 Å². The van der Waals surface area contributed by atoms with Gasteiger partial charge in [0.2, 0.25) is 0 Å². The zero-order valence-corrected chi connectivity index (χ0v) is 11.8. The second-order valence-corrected chi connectivity index (χ2v) is 4.89. The molecule has 0 atom stereocenters. The summed E-state index contributed by atoms with van der Waals surface area (Å²) in [5.41, 5.74) is -0.672. The van der Waals surface area contributed by atoms with E-state index in [0.717, 1.165) is 32.1 Å². The van der Waals surface area contributed by atoms with Gasteiger partial charge in [-0.05, 0) is 25.7 Å². The number of rotatable bonds is 6. The van der Waals surface area contributed by atoms with Gasteiger partial charge in [0.1, 0.15) is 5.66 Å². The van der Waals surface area contributed by atoms with Crippen LogP contribution in [0.5, 0.6) is 0 Å². The lowest BCUT2D eigenvalue weighted by Crippen LogP contribution is -2.64. The summed E-state index contributed by atoms with van der Waals surface area (Å²) in [5.74, 6) is 0. The van der Waals surface area contributed by atoms with E-state index in [1.54, 1.807) is 12.2 Å². The lowest BCUT2D eigenvalue weighted by molar-refractivity contribution is 0.172. The number of nitrogens with one attached hydrogen (secondary N) is 4. The minimum absolute atomic E-state index is 0.296. The molecule has 0 radical (unpaired) electrons. The quantitative estimate of drug-likeness (QED) is 0.440. The van der Waals surface area contributed by atoms with E-state index in [1.807, 2.05) is 0 Å². The van der Waals surface area contributed by atoms with E-state index in [4.69, 9.17) is 0 Å². The summed E-state index contributed by atoms with van der Waals surface area (Å²) < 4.78 is 0. The maximum absolute atomic E-state index is 11.8. The highest BCUT2D eigenvalue weighted by atomic mass is 16.2. The van der Waals surface area contributed by atoms with Gasteiger partial charge in [-0.3, -0.25) is 0 Å². The SMILES string of the molecule is C=CCNC(=O)NC1(NC(=O)NCC=C)CCCCC1. The van der Waals surface area contributed by atoms with Crippen LogP contribution in [0.25, 0.3) is 0 Å². The monoisotopic (exact) mass is 280 g/mol. The van der Waals surface area contributed by atoms with Gasteiger partial charge < -0.3 is 21.3 Å². The van der Waals surface area contributed by atoms with Crippen molar-refractivity contribution in [3.63, 3.8) is 0 Å². The number of carbonyl (C=O) groups is 2. The van der Waals surface area contributed by atoms with Gasteiger partial charge in [0.25, 0.3) is 0 Å². The average molecular weight is 280 g/mol. The first-order valence-electron chi connectivity index (χ1n) is 6.96. The highest BCUT2D eigenvalue weighted by molar-refractivity contribution is 5.78. The van der Waals surface area contributed by atoms with E-state index in [2.05, 4.69) is 34.4 Å². The molecule has 1 saturated carbocycles. The van der Waals surface area contributed by atoms with Gasteiger partial charge in [0.05, 0.1) is 0 Å². The highest BCUT2D eigenvalue weighted by Gasteiger charge is 2.34. The van der Waals surface area contributed by atoms with E-state index >= 15 is 0 Å². The molecule has 1 aliphatic carbocycles. The molecular formula is C14H24N4O2. The van der Waals surface area contributed by atoms with Crippen LogP contribution in [-0.2, 0) is 0 Å². The van der Waals surface area contributed by atoms with Crippen molar-refractivity contribution in [1.82, 2.24) is 21.3 Å². The van der Waals surface area contributed by atoms with Crippen molar-refractivity contribution in [2.75, 3.05) is 13.1 Å². The lowest BCUT2D eigenvalue weighted by Gasteiger charge is -2.38. The Bertz CT molecular complexity index is 334. The van der Waals surface area contributed by atoms with Crippen molar-refractivity contribution in [1.29, 1.82) is 0 Å². The molecule has 0 unspecified atom stereocenters. The maximum atomic E-state index is 11.8. The topological polar surface area (TPSA) is 82.3 Å². The van der Waals surface area contributed by atoms with Crippen LogP contribution in [0.3, 0.4) is 0 Å². The van der Waals surface area contributed by atoms with Gasteiger partial charge in [-0.25, -0.2) is 9.59 Å². The Hall–Kier alpha value is -1.98. The van der Waals surface area contributed by atoms with Crippen molar-refractivity contribution < 1.29 is 9.59 Å². The third kappa shape index (κ3) is 5.34. The summed E-state index contributed by atoms with van der Waals surface area (Å²) in [6.45, 7) is 7.88. The van der Waals surface area contributed by atoms with Crippen molar-refractivity contribution in [3.05, 3.63) is 25.3 Å². The predicted molar refractivity (Wildman–Crippen MR) is 79.3 cm³/mol. The number of carbonyl (C=O) groups excluding carboxylic acids is 2. The number of hydrogen-bond acceptors (Lipinski definition) is 2. The first kappa shape index (κ1) is 16.1. The lowest BCUT2D eigenvalue weighted by atomic mass is 9.89. The van der Waals surface area contributed by atoms with Crippen LogP contribution < -0.4 is 21.3 Å². The van der Waals surface area contributed by atoms with Crippen LogP contribution in [0.15, 0.2) is 25.3 Å². The normalized spacial score (nSPS) is 16.6. The molecule has 1 fully saturated rings. The first-order chi connectivity index (χ1) is 9.62. The number of urea groups is 2. The Kier molecular flexibility index (Phi) is 6.63. The van der Waals surface area contributed by atoms with Gasteiger partial charge in [0, 0.05) is 13.1 Å². The van der Waals surface area contributed by atoms with Gasteiger partial charge >= 0.3 is 12.1 Å². The second kappa shape index (κ2) is 8.24. The molecule has 4 amide bonds. The molecule has 0 aromatic heterocycles. The molecular weight excluding hydrogens is 256 g/mol. The Morgan fingerprint density at radius 2 is 1.35 bits per heavy atom. The molecule has 0 bridgehead atoms. The molecule has 112 valence electrons. The molecule has 4 N–H and O–H groups in total. The van der Waals surface area contributed by atoms with Crippen LogP contribution in [0.2, 0.25) is 0 Å². The summed E-state index contributed by atoms with van der Waals surface area (Å²) in [6.07, 6.45) is 7.75. The van der Waals surface area contributed by atoms with Crippen LogP contribution in [-0.4, -0.2) is 30.8 Å². The largest absolute Gasteiger partial charge is 0.335 e. The Morgan fingerprint density at radius 1 is 0.900 bits per heavy atom. The zero-order valence-electron chi connectivity index (χ0n) is 11.8. The van der Waals surface area contributed by atoms with Crippen LogP contribution in [0, 0.1) is 0 Å². The highest BCUT2D eigenvalue weighted by Crippen LogP contribution is 2.25. The summed E-state index contributed by atoms with van der Waals surface area (Å²) in [6, 6.07) is -0.591. The number of hydrogen-bond donors (Lipinski definition) is 4. The molecule has 0 aromatic carbocycles. The first-order valence-corrected chi connectivity index (χ1v) is 6.96. The van der Waals surface area contributed by atoms with Crippen molar-refractivity contribution in [2.24, 2.45) is 0 Å². The van der Waals surface area contributed by atoms with E-state index < -0.39 is 5.66 Å². The minimum atomic E-state index is -0.672. The third-order valence-corrected chi connectivity index (χ3v) is 3.23. The van der Waals surface area contributed by atoms with Crippen molar-refractivity contribution >= 4 is 12.1 Å². The molecule has 0 aliphatic heterocycles. The van der Waals surface area contributed by atoms with E-state index in [9.17, 15) is 9.59 Å². The molecule has 0 saturated heterocycles. The molecule has 0 heterocycles. The van der Waals surface area contributed by atoms with Crippen molar-refractivity contribution in [2.45, 2.75) is 37.8 Å². The fourth-order valence-corrected chi connectivity index (χ4v) is 2.29. The summed E-state index contributed by atoms with van der Waals surface area (Å²) >= 11 is 0. The van der Waals surface area contributed by atoms with Crippen LogP contribution in [0.1, 0.15) is 32.1 Å². The Balaban J connectivity index is 2.60. The predicted octanol–water partition coefficient (Wildman–Crippen LogP) is 1.62. The van der Waals surface area contributed by atoms with Crippen molar-refractivity contribution in [3.8, 4) is 0 Å². The Morgan fingerprint density at radius 3 is 1.75 bits per heavy atom. The fourth-order valence-electron chi connectivity index (χ4n) is 2.29. The van der Waals surface area contributed by atoms with Crippen LogP contribution >= 0.6 is 0 Å². The molecule has 6 heteroatoms. The smallest absolute Gasteiger partial charge is 0.316 e.